The van der Waals surface area contributed by atoms with Gasteiger partial charge in [-0.1, -0.05) is 6.42 Å². The van der Waals surface area contributed by atoms with E-state index < -0.39 is 18.1 Å². The lowest BCUT2D eigenvalue weighted by Gasteiger charge is -2.29. The molecule has 0 aromatic heterocycles. The molecular formula is C14H20F3N3O5. The maximum atomic E-state index is 12.3. The van der Waals surface area contributed by atoms with Gasteiger partial charge in [0.2, 0.25) is 0 Å². The number of halogens is 3. The molecule has 3 atom stereocenters. The van der Waals surface area contributed by atoms with Gasteiger partial charge in [0.15, 0.2) is 0 Å². The third kappa shape index (κ3) is 4.33. The van der Waals surface area contributed by atoms with Crippen LogP contribution in [0.3, 0.4) is 0 Å². The highest BCUT2D eigenvalue weighted by molar-refractivity contribution is 5.79. The Labute approximate surface area is 141 Å². The molecule has 11 heteroatoms. The molecule has 0 bridgehead atoms. The fourth-order valence-corrected chi connectivity index (χ4v) is 3.52. The standard InChI is InChI=1S/C12H19N3O3.C2HF3O2/c16-11(17)9-2-1-3-10(9)15-7-8-6-13-4-5-14(8)12(15)18;3-2(4,5)1(6)7/h8-10,13H,1-7H2,(H,16,17);(H,6,7)/t8-,9-,10-;/m0./s1. The molecule has 0 aromatic carbocycles. The van der Waals surface area contributed by atoms with Gasteiger partial charge in [-0.15, -0.1) is 0 Å². The number of urea groups is 1. The van der Waals surface area contributed by atoms with Crippen LogP contribution in [-0.4, -0.2) is 82.4 Å². The van der Waals surface area contributed by atoms with Gasteiger partial charge in [-0.3, -0.25) is 4.79 Å². The number of carboxylic acids is 2. The van der Waals surface area contributed by atoms with E-state index in [0.717, 1.165) is 32.5 Å². The summed E-state index contributed by atoms with van der Waals surface area (Å²) in [4.78, 5) is 36.2. The van der Waals surface area contributed by atoms with Crippen LogP contribution in [0.5, 0.6) is 0 Å². The smallest absolute Gasteiger partial charge is 0.481 e. The van der Waals surface area contributed by atoms with E-state index in [1.165, 1.54) is 0 Å². The van der Waals surface area contributed by atoms with Crippen molar-refractivity contribution in [2.75, 3.05) is 26.2 Å². The quantitative estimate of drug-likeness (QED) is 0.659. The van der Waals surface area contributed by atoms with Gasteiger partial charge in [-0.25, -0.2) is 9.59 Å². The van der Waals surface area contributed by atoms with Gasteiger partial charge in [0, 0.05) is 32.2 Å². The summed E-state index contributed by atoms with van der Waals surface area (Å²) >= 11 is 0. The van der Waals surface area contributed by atoms with E-state index in [1.54, 1.807) is 0 Å². The van der Waals surface area contributed by atoms with E-state index >= 15 is 0 Å². The molecular weight excluding hydrogens is 347 g/mol. The lowest BCUT2D eigenvalue weighted by atomic mass is 10.0. The van der Waals surface area contributed by atoms with Crippen LogP contribution in [0, 0.1) is 5.92 Å². The Morgan fingerprint density at radius 1 is 1.16 bits per heavy atom. The van der Waals surface area contributed by atoms with E-state index in [4.69, 9.17) is 9.90 Å². The monoisotopic (exact) mass is 367 g/mol. The first-order valence-corrected chi connectivity index (χ1v) is 7.93. The molecule has 0 unspecified atom stereocenters. The molecule has 2 heterocycles. The number of nitrogens with one attached hydrogen (secondary N) is 1. The van der Waals surface area contributed by atoms with Crippen LogP contribution in [0.2, 0.25) is 0 Å². The number of rotatable bonds is 2. The van der Waals surface area contributed by atoms with Gasteiger partial charge in [-0.05, 0) is 12.8 Å². The Kier molecular flexibility index (Phi) is 5.76. The van der Waals surface area contributed by atoms with Crippen molar-refractivity contribution >= 4 is 18.0 Å². The van der Waals surface area contributed by atoms with Crippen LogP contribution in [0.1, 0.15) is 19.3 Å². The highest BCUT2D eigenvalue weighted by Gasteiger charge is 2.46. The maximum absolute atomic E-state index is 12.3. The zero-order chi connectivity index (χ0) is 18.8. The molecule has 2 amide bonds. The second-order valence-corrected chi connectivity index (χ2v) is 6.23. The number of hydrogen-bond donors (Lipinski definition) is 3. The molecule has 8 nitrogen and oxygen atoms in total. The highest BCUT2D eigenvalue weighted by Crippen LogP contribution is 2.33. The summed E-state index contributed by atoms with van der Waals surface area (Å²) in [6.45, 7) is 3.08. The number of fused-ring (bicyclic) bond motifs is 1. The van der Waals surface area contributed by atoms with E-state index in [0.29, 0.717) is 13.0 Å². The van der Waals surface area contributed by atoms with Crippen LogP contribution < -0.4 is 5.32 Å². The normalized spacial score (nSPS) is 29.1. The van der Waals surface area contributed by atoms with Crippen molar-refractivity contribution in [3.8, 4) is 0 Å². The van der Waals surface area contributed by atoms with Crippen LogP contribution in [0.4, 0.5) is 18.0 Å². The van der Waals surface area contributed by atoms with Gasteiger partial charge in [-0.2, -0.15) is 13.2 Å². The topological polar surface area (TPSA) is 110 Å². The molecule has 0 spiro atoms. The largest absolute Gasteiger partial charge is 0.490 e. The lowest BCUT2D eigenvalue weighted by Crippen LogP contribution is -2.50. The molecule has 1 aliphatic carbocycles. The minimum atomic E-state index is -5.08. The number of aliphatic carboxylic acids is 2. The fraction of sp³-hybridized carbons (Fsp3) is 0.786. The predicted molar refractivity (Wildman–Crippen MR) is 77.9 cm³/mol. The Bertz CT molecular complexity index is 542. The summed E-state index contributed by atoms with van der Waals surface area (Å²) in [5, 5.41) is 19.6. The second kappa shape index (κ2) is 7.46. The Morgan fingerprint density at radius 2 is 1.80 bits per heavy atom. The molecule has 142 valence electrons. The summed E-state index contributed by atoms with van der Waals surface area (Å²) in [7, 11) is 0. The molecule has 3 N–H and O–H groups in total. The Hall–Kier alpha value is -2.04. The third-order valence-corrected chi connectivity index (χ3v) is 4.69. The number of piperazine rings is 1. The van der Waals surface area contributed by atoms with Gasteiger partial charge in [0.05, 0.1) is 12.0 Å². The van der Waals surface area contributed by atoms with Crippen molar-refractivity contribution in [3.05, 3.63) is 0 Å². The minimum absolute atomic E-state index is 0.0413. The zero-order valence-corrected chi connectivity index (χ0v) is 13.3. The molecule has 0 radical (unpaired) electrons. The average Bonchev–Trinajstić information content (AvgIpc) is 3.12. The van der Waals surface area contributed by atoms with Crippen molar-refractivity contribution < 1.29 is 37.8 Å². The summed E-state index contributed by atoms with van der Waals surface area (Å²) in [6.07, 6.45) is -2.64. The Balaban J connectivity index is 0.000000277. The van der Waals surface area contributed by atoms with Crippen LogP contribution in [0.25, 0.3) is 0 Å². The van der Waals surface area contributed by atoms with Crippen molar-refractivity contribution in [1.82, 2.24) is 15.1 Å². The highest BCUT2D eigenvalue weighted by atomic mass is 19.4. The molecule has 2 aliphatic heterocycles. The number of alkyl halides is 3. The molecule has 1 saturated carbocycles. The number of amides is 2. The summed E-state index contributed by atoms with van der Waals surface area (Å²) in [6, 6.07) is 0.168. The summed E-state index contributed by atoms with van der Waals surface area (Å²) in [5.74, 6) is -3.89. The average molecular weight is 367 g/mol. The number of hydrogen-bond acceptors (Lipinski definition) is 4. The first-order valence-electron chi connectivity index (χ1n) is 7.93. The van der Waals surface area contributed by atoms with Gasteiger partial charge < -0.3 is 25.3 Å². The fourth-order valence-electron chi connectivity index (χ4n) is 3.52. The summed E-state index contributed by atoms with van der Waals surface area (Å²) < 4.78 is 31.7. The zero-order valence-electron chi connectivity index (χ0n) is 13.3. The lowest BCUT2D eigenvalue weighted by molar-refractivity contribution is -0.192. The molecule has 3 rings (SSSR count). The van der Waals surface area contributed by atoms with Crippen molar-refractivity contribution in [2.45, 2.75) is 37.5 Å². The minimum Gasteiger partial charge on any atom is -0.481 e. The Morgan fingerprint density at radius 3 is 2.32 bits per heavy atom. The van der Waals surface area contributed by atoms with Crippen LogP contribution in [0.15, 0.2) is 0 Å². The third-order valence-electron chi connectivity index (χ3n) is 4.69. The van der Waals surface area contributed by atoms with E-state index in [9.17, 15) is 27.9 Å². The van der Waals surface area contributed by atoms with Crippen LogP contribution >= 0.6 is 0 Å². The molecule has 25 heavy (non-hydrogen) atoms. The number of nitrogens with zero attached hydrogens (tertiary/aromatic N) is 2. The predicted octanol–water partition coefficient (Wildman–Crippen LogP) is 0.582. The van der Waals surface area contributed by atoms with Crippen LogP contribution in [-0.2, 0) is 9.59 Å². The second-order valence-electron chi connectivity index (χ2n) is 6.23. The molecule has 3 aliphatic rings. The molecule has 2 saturated heterocycles. The maximum Gasteiger partial charge on any atom is 0.490 e. The first kappa shape index (κ1) is 19.3. The number of carboxylic acid groups (broad SMARTS) is 2. The van der Waals surface area contributed by atoms with E-state index in [2.05, 4.69) is 5.32 Å². The van der Waals surface area contributed by atoms with E-state index in [-0.39, 0.29) is 24.0 Å². The number of carbonyl (C=O) groups is 3. The van der Waals surface area contributed by atoms with Gasteiger partial charge in [0.1, 0.15) is 0 Å². The van der Waals surface area contributed by atoms with Crippen molar-refractivity contribution in [2.24, 2.45) is 5.92 Å². The first-order chi connectivity index (χ1) is 11.6. The van der Waals surface area contributed by atoms with Gasteiger partial charge >= 0.3 is 24.1 Å². The van der Waals surface area contributed by atoms with E-state index in [1.807, 2.05) is 9.80 Å². The van der Waals surface area contributed by atoms with Crippen molar-refractivity contribution in [1.29, 1.82) is 0 Å². The van der Waals surface area contributed by atoms with Gasteiger partial charge in [0.25, 0.3) is 0 Å². The SMILES string of the molecule is O=C(O)C(F)(F)F.O=C(O)[C@H]1CCC[C@@H]1N1C[C@@H]2CNCCN2C1=O. The molecule has 0 aromatic rings. The van der Waals surface area contributed by atoms with Crippen molar-refractivity contribution in [3.63, 3.8) is 0 Å². The summed E-state index contributed by atoms with van der Waals surface area (Å²) in [5.41, 5.74) is 0. The molecule has 3 fully saturated rings. The number of carbonyl (C=O) groups excluding carboxylic acids is 1.